The second-order valence-electron chi connectivity index (χ2n) is 5.42. The van der Waals surface area contributed by atoms with Gasteiger partial charge in [0, 0.05) is 4.47 Å². The van der Waals surface area contributed by atoms with Gasteiger partial charge in [0.2, 0.25) is 0 Å². The monoisotopic (exact) mass is 347 g/mol. The summed E-state index contributed by atoms with van der Waals surface area (Å²) in [4.78, 5) is 0. The molecule has 1 unspecified atom stereocenters. The molecule has 0 aromatic heterocycles. The Hall–Kier alpha value is -1.32. The average Bonchev–Trinajstić information content (AvgIpc) is 2.43. The van der Waals surface area contributed by atoms with Gasteiger partial charge < -0.3 is 10.1 Å². The third kappa shape index (κ3) is 3.30. The highest BCUT2D eigenvalue weighted by Crippen LogP contribution is 2.31. The predicted octanol–water partition coefficient (Wildman–Crippen LogP) is 4.69. The number of halogens is 1. The number of aryl methyl sites for hydroxylation is 3. The Morgan fingerprint density at radius 3 is 2.05 bits per heavy atom. The van der Waals surface area contributed by atoms with Gasteiger partial charge in [-0.05, 0) is 61.7 Å². The van der Waals surface area contributed by atoms with Crippen LogP contribution in [-0.4, -0.2) is 14.2 Å². The number of methoxy groups -OCH3 is 1. The fraction of sp³-hybridized carbons (Fsp3) is 0.333. The van der Waals surface area contributed by atoms with Gasteiger partial charge in [-0.25, -0.2) is 0 Å². The van der Waals surface area contributed by atoms with Crippen molar-refractivity contribution < 1.29 is 4.74 Å². The van der Waals surface area contributed by atoms with Gasteiger partial charge in [-0.15, -0.1) is 0 Å². The Morgan fingerprint density at radius 2 is 1.57 bits per heavy atom. The first kappa shape index (κ1) is 16.1. The van der Waals surface area contributed by atoms with Crippen LogP contribution < -0.4 is 10.1 Å². The second kappa shape index (κ2) is 6.63. The van der Waals surface area contributed by atoms with Crippen molar-refractivity contribution in [1.29, 1.82) is 0 Å². The summed E-state index contributed by atoms with van der Waals surface area (Å²) in [5.41, 5.74) is 6.08. The highest BCUT2D eigenvalue weighted by molar-refractivity contribution is 9.10. The van der Waals surface area contributed by atoms with Gasteiger partial charge in [0.15, 0.2) is 0 Å². The zero-order chi connectivity index (χ0) is 15.6. The van der Waals surface area contributed by atoms with Gasteiger partial charge in [0.1, 0.15) is 5.75 Å². The van der Waals surface area contributed by atoms with Crippen molar-refractivity contribution in [3.63, 3.8) is 0 Å². The first-order valence-corrected chi connectivity index (χ1v) is 7.85. The molecular weight excluding hydrogens is 326 g/mol. The van der Waals surface area contributed by atoms with Crippen molar-refractivity contribution in [2.24, 2.45) is 0 Å². The summed E-state index contributed by atoms with van der Waals surface area (Å²) in [6.45, 7) is 6.28. The van der Waals surface area contributed by atoms with Crippen LogP contribution in [0.1, 0.15) is 33.9 Å². The molecule has 21 heavy (non-hydrogen) atoms. The Balaban J connectivity index is 2.48. The molecule has 0 spiro atoms. The molecule has 0 fully saturated rings. The molecule has 0 heterocycles. The van der Waals surface area contributed by atoms with E-state index >= 15 is 0 Å². The van der Waals surface area contributed by atoms with E-state index < -0.39 is 0 Å². The molecule has 1 N–H and O–H groups in total. The SMILES string of the molecule is CNC(c1cc(C)c(OC)c(C)c1)c1ccc(C)c(Br)c1. The zero-order valence-electron chi connectivity index (χ0n) is 13.3. The van der Waals surface area contributed by atoms with E-state index in [-0.39, 0.29) is 6.04 Å². The minimum absolute atomic E-state index is 0.171. The Bertz CT molecular complexity index is 629. The van der Waals surface area contributed by atoms with Gasteiger partial charge in [0.25, 0.3) is 0 Å². The number of ether oxygens (including phenoxy) is 1. The summed E-state index contributed by atoms with van der Waals surface area (Å²) >= 11 is 3.62. The topological polar surface area (TPSA) is 21.3 Å². The van der Waals surface area contributed by atoms with Crippen molar-refractivity contribution in [2.75, 3.05) is 14.2 Å². The van der Waals surface area contributed by atoms with E-state index in [1.54, 1.807) is 7.11 Å². The minimum atomic E-state index is 0.171. The van der Waals surface area contributed by atoms with E-state index in [0.717, 1.165) is 10.2 Å². The molecule has 2 rings (SSSR count). The molecule has 2 aromatic rings. The number of nitrogens with one attached hydrogen (secondary N) is 1. The second-order valence-corrected chi connectivity index (χ2v) is 6.27. The molecule has 0 bridgehead atoms. The molecule has 2 nitrogen and oxygen atoms in total. The molecule has 0 aliphatic heterocycles. The molecule has 3 heteroatoms. The number of hydrogen-bond donors (Lipinski definition) is 1. The molecule has 0 amide bonds. The van der Waals surface area contributed by atoms with E-state index in [2.05, 4.69) is 72.3 Å². The van der Waals surface area contributed by atoms with Crippen LogP contribution in [-0.2, 0) is 0 Å². The highest BCUT2D eigenvalue weighted by Gasteiger charge is 2.15. The lowest BCUT2D eigenvalue weighted by Gasteiger charge is -2.20. The summed E-state index contributed by atoms with van der Waals surface area (Å²) < 4.78 is 6.60. The lowest BCUT2D eigenvalue weighted by Crippen LogP contribution is -2.18. The molecule has 112 valence electrons. The molecule has 0 saturated heterocycles. The quantitative estimate of drug-likeness (QED) is 0.865. The van der Waals surface area contributed by atoms with Crippen molar-refractivity contribution in [1.82, 2.24) is 5.32 Å². The van der Waals surface area contributed by atoms with Gasteiger partial charge >= 0.3 is 0 Å². The maximum Gasteiger partial charge on any atom is 0.124 e. The molecule has 0 saturated carbocycles. The van der Waals surface area contributed by atoms with Crippen LogP contribution in [0, 0.1) is 20.8 Å². The van der Waals surface area contributed by atoms with Crippen LogP contribution in [0.4, 0.5) is 0 Å². The summed E-state index contributed by atoms with van der Waals surface area (Å²) in [5.74, 6) is 0.971. The first-order chi connectivity index (χ1) is 9.97. The van der Waals surface area contributed by atoms with E-state index in [1.807, 2.05) is 7.05 Å². The summed E-state index contributed by atoms with van der Waals surface area (Å²) in [5, 5.41) is 3.41. The van der Waals surface area contributed by atoms with Crippen LogP contribution >= 0.6 is 15.9 Å². The molecule has 0 radical (unpaired) electrons. The summed E-state index contributed by atoms with van der Waals surface area (Å²) in [7, 11) is 3.72. The third-order valence-electron chi connectivity index (χ3n) is 3.84. The van der Waals surface area contributed by atoms with Crippen molar-refractivity contribution in [2.45, 2.75) is 26.8 Å². The average molecular weight is 348 g/mol. The van der Waals surface area contributed by atoms with Crippen molar-refractivity contribution in [3.05, 3.63) is 62.6 Å². The smallest absolute Gasteiger partial charge is 0.124 e. The molecular formula is C18H22BrNO. The number of hydrogen-bond acceptors (Lipinski definition) is 2. The maximum absolute atomic E-state index is 5.46. The van der Waals surface area contributed by atoms with E-state index in [0.29, 0.717) is 0 Å². The van der Waals surface area contributed by atoms with Crippen LogP contribution in [0.2, 0.25) is 0 Å². The minimum Gasteiger partial charge on any atom is -0.496 e. The maximum atomic E-state index is 5.46. The standard InChI is InChI=1S/C18H22BrNO/c1-11-6-7-14(10-16(11)19)17(20-4)15-8-12(2)18(21-5)13(3)9-15/h6-10,17,20H,1-5H3. The Labute approximate surface area is 135 Å². The lowest BCUT2D eigenvalue weighted by atomic mass is 9.94. The Kier molecular flexibility index (Phi) is 5.07. The van der Waals surface area contributed by atoms with E-state index in [1.165, 1.54) is 27.8 Å². The molecule has 2 aromatic carbocycles. The number of benzene rings is 2. The number of rotatable bonds is 4. The van der Waals surface area contributed by atoms with Crippen molar-refractivity contribution >= 4 is 15.9 Å². The highest BCUT2D eigenvalue weighted by atomic mass is 79.9. The zero-order valence-corrected chi connectivity index (χ0v) is 14.8. The van der Waals surface area contributed by atoms with Crippen LogP contribution in [0.3, 0.4) is 0 Å². The van der Waals surface area contributed by atoms with Crippen LogP contribution in [0.15, 0.2) is 34.8 Å². The van der Waals surface area contributed by atoms with Crippen molar-refractivity contribution in [3.8, 4) is 5.75 Å². The van der Waals surface area contributed by atoms with Gasteiger partial charge in [-0.3, -0.25) is 0 Å². The van der Waals surface area contributed by atoms with Gasteiger partial charge in [0.05, 0.1) is 13.2 Å². The first-order valence-electron chi connectivity index (χ1n) is 7.06. The fourth-order valence-electron chi connectivity index (χ4n) is 2.79. The van der Waals surface area contributed by atoms with E-state index in [4.69, 9.17) is 4.74 Å². The van der Waals surface area contributed by atoms with E-state index in [9.17, 15) is 0 Å². The van der Waals surface area contributed by atoms with Gasteiger partial charge in [-0.1, -0.05) is 40.2 Å². The summed E-state index contributed by atoms with van der Waals surface area (Å²) in [6, 6.07) is 11.1. The third-order valence-corrected chi connectivity index (χ3v) is 4.69. The lowest BCUT2D eigenvalue weighted by molar-refractivity contribution is 0.408. The molecule has 1 atom stereocenters. The predicted molar refractivity (Wildman–Crippen MR) is 92.2 cm³/mol. The van der Waals surface area contributed by atoms with Gasteiger partial charge in [-0.2, -0.15) is 0 Å². The fourth-order valence-corrected chi connectivity index (χ4v) is 3.18. The largest absolute Gasteiger partial charge is 0.496 e. The molecule has 0 aliphatic rings. The molecule has 0 aliphatic carbocycles. The Morgan fingerprint density at radius 1 is 0.952 bits per heavy atom. The summed E-state index contributed by atoms with van der Waals surface area (Å²) in [6.07, 6.45) is 0. The van der Waals surface area contributed by atoms with Crippen LogP contribution in [0.25, 0.3) is 0 Å². The normalized spacial score (nSPS) is 12.3. The van der Waals surface area contributed by atoms with Crippen LogP contribution in [0.5, 0.6) is 5.75 Å².